The van der Waals surface area contributed by atoms with Gasteiger partial charge < -0.3 is 10.5 Å². The summed E-state index contributed by atoms with van der Waals surface area (Å²) >= 11 is 0. The zero-order valence-electron chi connectivity index (χ0n) is 9.14. The highest BCUT2D eigenvalue weighted by Gasteiger charge is 2.32. The van der Waals surface area contributed by atoms with Crippen LogP contribution in [0.3, 0.4) is 0 Å². The standard InChI is InChI=1S/C12H16FNO/c1-12(2)7-9-10(15-12)4-3-8(5-6-14)11(9)13/h3-4H,5-7,14H2,1-2H3. The van der Waals surface area contributed by atoms with Crippen LogP contribution in [0.4, 0.5) is 4.39 Å². The fourth-order valence-corrected chi connectivity index (χ4v) is 2.02. The normalized spacial score (nSPS) is 17.3. The Morgan fingerprint density at radius 1 is 1.47 bits per heavy atom. The van der Waals surface area contributed by atoms with E-state index in [9.17, 15) is 4.39 Å². The summed E-state index contributed by atoms with van der Waals surface area (Å²) in [4.78, 5) is 0. The van der Waals surface area contributed by atoms with Crippen LogP contribution in [0.2, 0.25) is 0 Å². The van der Waals surface area contributed by atoms with E-state index >= 15 is 0 Å². The third-order valence-corrected chi connectivity index (χ3v) is 2.68. The number of fused-ring (bicyclic) bond motifs is 1. The highest BCUT2D eigenvalue weighted by molar-refractivity contribution is 5.43. The molecule has 0 aliphatic carbocycles. The predicted octanol–water partition coefficient (Wildman–Crippen LogP) is 2.04. The summed E-state index contributed by atoms with van der Waals surface area (Å²) in [6, 6.07) is 3.61. The zero-order valence-corrected chi connectivity index (χ0v) is 9.14. The summed E-state index contributed by atoms with van der Waals surface area (Å²) in [7, 11) is 0. The van der Waals surface area contributed by atoms with Crippen molar-refractivity contribution < 1.29 is 9.13 Å². The molecular weight excluding hydrogens is 193 g/mol. The van der Waals surface area contributed by atoms with Gasteiger partial charge in [0, 0.05) is 12.0 Å². The first-order valence-corrected chi connectivity index (χ1v) is 5.23. The summed E-state index contributed by atoms with van der Waals surface area (Å²) in [6.07, 6.45) is 1.21. The predicted molar refractivity (Wildman–Crippen MR) is 57.6 cm³/mol. The average Bonchev–Trinajstić information content (AvgIpc) is 2.46. The van der Waals surface area contributed by atoms with Crippen LogP contribution in [0.25, 0.3) is 0 Å². The van der Waals surface area contributed by atoms with E-state index in [2.05, 4.69) is 0 Å². The van der Waals surface area contributed by atoms with E-state index in [1.807, 2.05) is 19.9 Å². The SMILES string of the molecule is CC1(C)Cc2c(ccc(CCN)c2F)O1. The van der Waals surface area contributed by atoms with Gasteiger partial charge in [0.25, 0.3) is 0 Å². The van der Waals surface area contributed by atoms with E-state index in [1.165, 1.54) is 0 Å². The summed E-state index contributed by atoms with van der Waals surface area (Å²) in [5.41, 5.74) is 6.53. The van der Waals surface area contributed by atoms with Gasteiger partial charge in [-0.05, 0) is 38.4 Å². The second kappa shape index (κ2) is 3.49. The van der Waals surface area contributed by atoms with Crippen LogP contribution in [0.15, 0.2) is 12.1 Å². The number of benzene rings is 1. The Morgan fingerprint density at radius 3 is 2.87 bits per heavy atom. The van der Waals surface area contributed by atoms with Crippen molar-refractivity contribution in [2.45, 2.75) is 32.3 Å². The summed E-state index contributed by atoms with van der Waals surface area (Å²) < 4.78 is 19.6. The molecule has 0 spiro atoms. The molecule has 0 unspecified atom stereocenters. The molecule has 2 rings (SSSR count). The van der Waals surface area contributed by atoms with E-state index in [0.29, 0.717) is 36.3 Å². The van der Waals surface area contributed by atoms with Gasteiger partial charge >= 0.3 is 0 Å². The summed E-state index contributed by atoms with van der Waals surface area (Å²) in [6.45, 7) is 4.41. The number of halogens is 1. The van der Waals surface area contributed by atoms with E-state index < -0.39 is 0 Å². The van der Waals surface area contributed by atoms with Crippen LogP contribution in [0.1, 0.15) is 25.0 Å². The molecule has 1 aromatic carbocycles. The van der Waals surface area contributed by atoms with Crippen LogP contribution in [-0.4, -0.2) is 12.1 Å². The highest BCUT2D eigenvalue weighted by Crippen LogP contribution is 2.37. The van der Waals surface area contributed by atoms with E-state index in [1.54, 1.807) is 6.07 Å². The lowest BCUT2D eigenvalue weighted by Crippen LogP contribution is -2.24. The molecule has 0 aromatic heterocycles. The molecule has 0 radical (unpaired) electrons. The van der Waals surface area contributed by atoms with Crippen molar-refractivity contribution in [1.29, 1.82) is 0 Å². The van der Waals surface area contributed by atoms with Crippen LogP contribution in [-0.2, 0) is 12.8 Å². The fraction of sp³-hybridized carbons (Fsp3) is 0.500. The molecule has 82 valence electrons. The minimum Gasteiger partial charge on any atom is -0.487 e. The van der Waals surface area contributed by atoms with Crippen molar-refractivity contribution in [2.24, 2.45) is 5.73 Å². The first-order valence-electron chi connectivity index (χ1n) is 5.23. The van der Waals surface area contributed by atoms with Gasteiger partial charge in [0.2, 0.25) is 0 Å². The van der Waals surface area contributed by atoms with Gasteiger partial charge in [-0.25, -0.2) is 4.39 Å². The van der Waals surface area contributed by atoms with Crippen molar-refractivity contribution in [3.63, 3.8) is 0 Å². The van der Waals surface area contributed by atoms with Crippen molar-refractivity contribution >= 4 is 0 Å². The molecule has 0 atom stereocenters. The molecule has 1 aliphatic heterocycles. The van der Waals surface area contributed by atoms with Crippen LogP contribution in [0, 0.1) is 5.82 Å². The Kier molecular flexibility index (Phi) is 2.43. The second-order valence-corrected chi connectivity index (χ2v) is 4.59. The zero-order chi connectivity index (χ0) is 11.1. The van der Waals surface area contributed by atoms with E-state index in [-0.39, 0.29) is 11.4 Å². The first-order chi connectivity index (χ1) is 7.03. The average molecular weight is 209 g/mol. The molecule has 2 nitrogen and oxygen atoms in total. The molecular formula is C12H16FNO. The third-order valence-electron chi connectivity index (χ3n) is 2.68. The van der Waals surface area contributed by atoms with Gasteiger partial charge in [0.15, 0.2) is 0 Å². The molecule has 0 bridgehead atoms. The molecule has 1 heterocycles. The fourth-order valence-electron chi connectivity index (χ4n) is 2.02. The molecule has 1 aliphatic rings. The number of nitrogens with two attached hydrogens (primary N) is 1. The Bertz CT molecular complexity index is 387. The molecule has 0 saturated heterocycles. The highest BCUT2D eigenvalue weighted by atomic mass is 19.1. The lowest BCUT2D eigenvalue weighted by Gasteiger charge is -2.16. The summed E-state index contributed by atoms with van der Waals surface area (Å²) in [5, 5.41) is 0. The van der Waals surface area contributed by atoms with Gasteiger partial charge in [-0.15, -0.1) is 0 Å². The maximum Gasteiger partial charge on any atom is 0.133 e. The molecule has 1 aromatic rings. The lowest BCUT2D eigenvalue weighted by molar-refractivity contribution is 0.138. The quantitative estimate of drug-likeness (QED) is 0.809. The van der Waals surface area contributed by atoms with Gasteiger partial charge in [0.1, 0.15) is 17.2 Å². The van der Waals surface area contributed by atoms with E-state index in [4.69, 9.17) is 10.5 Å². The molecule has 0 fully saturated rings. The molecule has 0 saturated carbocycles. The molecule has 3 heteroatoms. The van der Waals surface area contributed by atoms with Gasteiger partial charge in [0.05, 0.1) is 0 Å². The maximum atomic E-state index is 14.0. The minimum atomic E-state index is -0.287. The molecule has 15 heavy (non-hydrogen) atoms. The molecule has 0 amide bonds. The van der Waals surface area contributed by atoms with Crippen molar-refractivity contribution in [3.8, 4) is 5.75 Å². The minimum absolute atomic E-state index is 0.136. The van der Waals surface area contributed by atoms with Gasteiger partial charge in [-0.1, -0.05) is 6.07 Å². The smallest absolute Gasteiger partial charge is 0.133 e. The van der Waals surface area contributed by atoms with Gasteiger partial charge in [-0.3, -0.25) is 0 Å². The monoisotopic (exact) mass is 209 g/mol. The van der Waals surface area contributed by atoms with E-state index in [0.717, 1.165) is 0 Å². The summed E-state index contributed by atoms with van der Waals surface area (Å²) in [5.74, 6) is 0.543. The number of ether oxygens (including phenoxy) is 1. The van der Waals surface area contributed by atoms with Crippen LogP contribution in [0.5, 0.6) is 5.75 Å². The Hall–Kier alpha value is -1.09. The lowest BCUT2D eigenvalue weighted by atomic mass is 9.98. The Labute approximate surface area is 89.2 Å². The first kappa shape index (κ1) is 10.4. The largest absolute Gasteiger partial charge is 0.487 e. The topological polar surface area (TPSA) is 35.2 Å². The van der Waals surface area contributed by atoms with Crippen LogP contribution < -0.4 is 10.5 Å². The van der Waals surface area contributed by atoms with Crippen molar-refractivity contribution in [3.05, 3.63) is 29.1 Å². The Morgan fingerprint density at radius 2 is 2.20 bits per heavy atom. The third kappa shape index (κ3) is 1.84. The van der Waals surface area contributed by atoms with Crippen molar-refractivity contribution in [2.75, 3.05) is 6.54 Å². The number of hydrogen-bond donors (Lipinski definition) is 1. The number of hydrogen-bond acceptors (Lipinski definition) is 2. The van der Waals surface area contributed by atoms with Gasteiger partial charge in [-0.2, -0.15) is 0 Å². The second-order valence-electron chi connectivity index (χ2n) is 4.59. The maximum absolute atomic E-state index is 14.0. The number of rotatable bonds is 2. The molecule has 2 N–H and O–H groups in total. The Balaban J connectivity index is 2.39. The van der Waals surface area contributed by atoms with Crippen LogP contribution >= 0.6 is 0 Å². The van der Waals surface area contributed by atoms with Crippen molar-refractivity contribution in [1.82, 2.24) is 0 Å².